The minimum absolute atomic E-state index is 0.0597. The molecule has 4 fully saturated rings. The van der Waals surface area contributed by atoms with Gasteiger partial charge in [-0.1, -0.05) is 6.07 Å². The van der Waals surface area contributed by atoms with Crippen molar-refractivity contribution in [3.05, 3.63) is 30.3 Å². The molecule has 1 aromatic carbocycles. The van der Waals surface area contributed by atoms with Crippen LogP contribution in [-0.4, -0.2) is 36.1 Å². The van der Waals surface area contributed by atoms with Crippen LogP contribution in [-0.2, 0) is 14.4 Å². The minimum atomic E-state index is -5.23. The molecule has 3 N–H and O–H groups in total. The average molecular weight is 505 g/mol. The van der Waals surface area contributed by atoms with E-state index in [2.05, 4.69) is 10.3 Å². The van der Waals surface area contributed by atoms with Crippen molar-refractivity contribution in [1.82, 2.24) is 4.98 Å². The summed E-state index contributed by atoms with van der Waals surface area (Å²) in [5.74, 6) is -0.767. The lowest BCUT2D eigenvalue weighted by molar-refractivity contribution is -0.202. The van der Waals surface area contributed by atoms with Gasteiger partial charge in [0.05, 0.1) is 11.2 Å². The fraction of sp³-hybridized carbons (Fsp3) is 0.577. The number of fused-ring (bicyclic) bond motifs is 1. The minimum Gasteiger partial charge on any atom is -0.370 e. The molecular weight excluding hydrogens is 473 g/mol. The summed E-state index contributed by atoms with van der Waals surface area (Å²) < 4.78 is 39.5. The second-order valence-corrected chi connectivity index (χ2v) is 10.8. The van der Waals surface area contributed by atoms with Gasteiger partial charge < -0.3 is 15.9 Å². The SMILES string of the molecule is NCCCNc1ccc2c(N(OC(=O)C(F)(F)F)C(=O)CC34CC5CC(CC(C5)C3)C4)cccc2n1. The number of hydrogen-bond donors (Lipinski definition) is 2. The molecule has 0 spiro atoms. The molecule has 4 saturated carbocycles. The molecule has 0 radical (unpaired) electrons. The van der Waals surface area contributed by atoms with Gasteiger partial charge in [-0.05, 0) is 98.9 Å². The Bertz CT molecular complexity index is 1120. The smallest absolute Gasteiger partial charge is 0.370 e. The predicted molar refractivity (Wildman–Crippen MR) is 129 cm³/mol. The molecule has 1 heterocycles. The highest BCUT2D eigenvalue weighted by molar-refractivity contribution is 6.03. The molecule has 194 valence electrons. The van der Waals surface area contributed by atoms with Crippen LogP contribution in [0.4, 0.5) is 24.7 Å². The number of amides is 1. The Morgan fingerprint density at radius 1 is 1.08 bits per heavy atom. The standard InChI is InChI=1S/C26H31F3N4O3/c27-26(28,29)24(35)36-33(23(34)15-25-12-16-9-17(13-25)11-18(10-16)14-25)21-4-1-3-20-19(21)5-6-22(32-20)31-8-2-7-30/h1,3-6,16-18H,2,7-15,30H2,(H,31,32). The summed E-state index contributed by atoms with van der Waals surface area (Å²) in [6, 6.07) is 8.10. The van der Waals surface area contributed by atoms with Crippen molar-refractivity contribution in [3.63, 3.8) is 0 Å². The number of hydroxylamine groups is 1. The normalized spacial score (nSPS) is 26.7. The summed E-state index contributed by atoms with van der Waals surface area (Å²) in [5, 5.41) is 4.11. The zero-order chi connectivity index (χ0) is 25.5. The number of hydrogen-bond acceptors (Lipinski definition) is 6. The monoisotopic (exact) mass is 504 g/mol. The maximum absolute atomic E-state index is 13.6. The molecular formula is C26H31F3N4O3. The highest BCUT2D eigenvalue weighted by Crippen LogP contribution is 2.61. The van der Waals surface area contributed by atoms with Gasteiger partial charge in [0.15, 0.2) is 0 Å². The molecule has 2 aromatic rings. The number of carbonyl (C=O) groups excluding carboxylic acids is 2. The van der Waals surface area contributed by atoms with E-state index in [1.807, 2.05) is 0 Å². The molecule has 0 aliphatic heterocycles. The average Bonchev–Trinajstić information content (AvgIpc) is 2.80. The van der Waals surface area contributed by atoms with E-state index in [4.69, 9.17) is 10.6 Å². The fourth-order valence-corrected chi connectivity index (χ4v) is 7.00. The molecule has 4 bridgehead atoms. The van der Waals surface area contributed by atoms with Gasteiger partial charge in [-0.2, -0.15) is 13.2 Å². The molecule has 36 heavy (non-hydrogen) atoms. The van der Waals surface area contributed by atoms with E-state index in [0.717, 1.165) is 25.7 Å². The quantitative estimate of drug-likeness (QED) is 0.409. The number of halogens is 3. The predicted octanol–water partition coefficient (Wildman–Crippen LogP) is 4.96. The first kappa shape index (κ1) is 24.8. The Kier molecular flexibility index (Phi) is 6.57. The van der Waals surface area contributed by atoms with Gasteiger partial charge in [-0.3, -0.25) is 4.79 Å². The van der Waals surface area contributed by atoms with Gasteiger partial charge in [-0.25, -0.2) is 9.78 Å². The van der Waals surface area contributed by atoms with Crippen molar-refractivity contribution in [2.75, 3.05) is 23.5 Å². The molecule has 7 nitrogen and oxygen atoms in total. The van der Waals surface area contributed by atoms with Crippen LogP contribution in [0.25, 0.3) is 10.9 Å². The van der Waals surface area contributed by atoms with Gasteiger partial charge >= 0.3 is 12.1 Å². The molecule has 0 atom stereocenters. The summed E-state index contributed by atoms with van der Waals surface area (Å²) in [6.45, 7) is 1.14. The van der Waals surface area contributed by atoms with Crippen LogP contribution in [0, 0.1) is 23.2 Å². The van der Waals surface area contributed by atoms with Gasteiger partial charge in [0.2, 0.25) is 0 Å². The zero-order valence-electron chi connectivity index (χ0n) is 20.0. The van der Waals surface area contributed by atoms with Gasteiger partial charge in [0, 0.05) is 18.4 Å². The number of aromatic nitrogens is 1. The van der Waals surface area contributed by atoms with E-state index in [9.17, 15) is 22.8 Å². The molecule has 4 aliphatic carbocycles. The van der Waals surface area contributed by atoms with Gasteiger partial charge in [-0.15, -0.1) is 5.06 Å². The van der Waals surface area contributed by atoms with E-state index in [1.165, 1.54) is 25.3 Å². The Balaban J connectivity index is 1.45. The fourth-order valence-electron chi connectivity index (χ4n) is 7.00. The first-order chi connectivity index (χ1) is 17.2. The highest BCUT2D eigenvalue weighted by Gasteiger charge is 2.52. The first-order valence-electron chi connectivity index (χ1n) is 12.6. The number of benzene rings is 1. The maximum atomic E-state index is 13.6. The van der Waals surface area contributed by atoms with Crippen molar-refractivity contribution in [3.8, 4) is 0 Å². The van der Waals surface area contributed by atoms with Gasteiger partial charge in [0.1, 0.15) is 5.82 Å². The molecule has 4 aliphatic rings. The van der Waals surface area contributed by atoms with Crippen LogP contribution in [0.15, 0.2) is 30.3 Å². The van der Waals surface area contributed by atoms with Crippen LogP contribution in [0.5, 0.6) is 0 Å². The van der Waals surface area contributed by atoms with Gasteiger partial charge in [0.25, 0.3) is 5.91 Å². The maximum Gasteiger partial charge on any atom is 0.493 e. The van der Waals surface area contributed by atoms with E-state index >= 15 is 0 Å². The topological polar surface area (TPSA) is 97.5 Å². The van der Waals surface area contributed by atoms with Crippen molar-refractivity contribution in [1.29, 1.82) is 0 Å². The third-order valence-corrected chi connectivity index (χ3v) is 7.94. The zero-order valence-corrected chi connectivity index (χ0v) is 20.0. The number of nitrogens with two attached hydrogens (primary N) is 1. The lowest BCUT2D eigenvalue weighted by Gasteiger charge is -2.56. The second-order valence-electron chi connectivity index (χ2n) is 10.8. The van der Waals surface area contributed by atoms with E-state index in [-0.39, 0.29) is 17.5 Å². The third-order valence-electron chi connectivity index (χ3n) is 7.94. The molecule has 1 aromatic heterocycles. The second kappa shape index (κ2) is 9.53. The first-order valence-corrected chi connectivity index (χ1v) is 12.6. The van der Waals surface area contributed by atoms with Crippen molar-refractivity contribution in [2.45, 2.75) is 57.5 Å². The Hall–Kier alpha value is -2.88. The molecule has 6 rings (SSSR count). The lowest BCUT2D eigenvalue weighted by atomic mass is 9.49. The molecule has 0 saturated heterocycles. The molecule has 1 amide bonds. The Morgan fingerprint density at radius 3 is 2.36 bits per heavy atom. The summed E-state index contributed by atoms with van der Waals surface area (Å²) in [7, 11) is 0. The number of pyridine rings is 1. The van der Waals surface area contributed by atoms with Crippen LogP contribution in [0.2, 0.25) is 0 Å². The number of carbonyl (C=O) groups is 2. The van der Waals surface area contributed by atoms with Crippen molar-refractivity contribution >= 4 is 34.3 Å². The Labute approximate surface area is 207 Å². The van der Waals surface area contributed by atoms with Crippen LogP contribution < -0.4 is 16.1 Å². The summed E-state index contributed by atoms with van der Waals surface area (Å²) >= 11 is 0. The largest absolute Gasteiger partial charge is 0.493 e. The number of nitrogens with one attached hydrogen (secondary N) is 1. The molecule has 10 heteroatoms. The van der Waals surface area contributed by atoms with Crippen LogP contribution >= 0.6 is 0 Å². The van der Waals surface area contributed by atoms with E-state index in [0.29, 0.717) is 52.6 Å². The van der Waals surface area contributed by atoms with E-state index in [1.54, 1.807) is 24.3 Å². The molecule has 0 unspecified atom stereocenters. The third kappa shape index (κ3) is 5.00. The highest BCUT2D eigenvalue weighted by atomic mass is 19.4. The summed E-state index contributed by atoms with van der Waals surface area (Å²) in [4.78, 5) is 34.8. The number of nitrogens with zero attached hydrogens (tertiary/aromatic N) is 2. The van der Waals surface area contributed by atoms with Crippen LogP contribution in [0.1, 0.15) is 51.4 Å². The van der Waals surface area contributed by atoms with Crippen molar-refractivity contribution < 1.29 is 27.6 Å². The summed E-state index contributed by atoms with van der Waals surface area (Å²) in [6.07, 6.45) is 1.82. The lowest BCUT2D eigenvalue weighted by Crippen LogP contribution is -2.49. The van der Waals surface area contributed by atoms with Crippen molar-refractivity contribution in [2.24, 2.45) is 28.9 Å². The van der Waals surface area contributed by atoms with E-state index < -0.39 is 18.1 Å². The number of rotatable bonds is 7. The number of alkyl halides is 3. The summed E-state index contributed by atoms with van der Waals surface area (Å²) in [5.41, 5.74) is 5.81. The Morgan fingerprint density at radius 2 is 1.75 bits per heavy atom. The van der Waals surface area contributed by atoms with Crippen LogP contribution in [0.3, 0.4) is 0 Å². The number of anilines is 2.